The van der Waals surface area contributed by atoms with Crippen molar-refractivity contribution in [3.63, 3.8) is 0 Å². The largest absolute Gasteiger partial charge is 0.486 e. The van der Waals surface area contributed by atoms with Crippen LogP contribution < -0.4 is 14.8 Å². The first kappa shape index (κ1) is 13.4. The number of urea groups is 1. The van der Waals surface area contributed by atoms with Gasteiger partial charge in [0.2, 0.25) is 0 Å². The molecule has 0 aromatic heterocycles. The van der Waals surface area contributed by atoms with Gasteiger partial charge >= 0.3 is 6.03 Å². The lowest BCUT2D eigenvalue weighted by molar-refractivity contribution is 0.0903. The van der Waals surface area contributed by atoms with Gasteiger partial charge < -0.3 is 19.7 Å². The number of carbonyl (C=O) groups is 1. The summed E-state index contributed by atoms with van der Waals surface area (Å²) in [6.45, 7) is 2.58. The number of carbonyl (C=O) groups excluding carboxylic acids is 1. The van der Waals surface area contributed by atoms with Gasteiger partial charge in [0.15, 0.2) is 17.6 Å². The number of ether oxygens (including phenoxy) is 2. The predicted octanol–water partition coefficient (Wildman–Crippen LogP) is 1.58. The van der Waals surface area contributed by atoms with E-state index in [-0.39, 0.29) is 12.1 Å². The summed E-state index contributed by atoms with van der Waals surface area (Å²) in [6.07, 6.45) is -0.131. The van der Waals surface area contributed by atoms with Crippen LogP contribution in [0, 0.1) is 0 Å². The number of para-hydroxylation sites is 2. The Morgan fingerprint density at radius 2 is 2.05 bits per heavy atom. The number of fused-ring (bicyclic) bond motifs is 1. The molecule has 0 aliphatic carbocycles. The van der Waals surface area contributed by atoms with E-state index in [4.69, 9.17) is 9.47 Å². The molecule has 108 valence electrons. The predicted molar refractivity (Wildman–Crippen MR) is 78.6 cm³/mol. The monoisotopic (exact) mass is 294 g/mol. The number of hydrogen-bond donors (Lipinski definition) is 1. The fourth-order valence-electron chi connectivity index (χ4n) is 2.24. The maximum Gasteiger partial charge on any atom is 0.317 e. The van der Waals surface area contributed by atoms with Gasteiger partial charge in [-0.15, -0.1) is 0 Å². The minimum Gasteiger partial charge on any atom is -0.486 e. The smallest absolute Gasteiger partial charge is 0.317 e. The van der Waals surface area contributed by atoms with Gasteiger partial charge in [0.05, 0.1) is 6.54 Å². The molecule has 2 heterocycles. The zero-order chi connectivity index (χ0) is 13.8. The fraction of sp³-hybridized carbons (Fsp3) is 0.500. The molecule has 0 saturated carbocycles. The van der Waals surface area contributed by atoms with Gasteiger partial charge in [0.25, 0.3) is 0 Å². The fourth-order valence-corrected chi connectivity index (χ4v) is 3.15. The van der Waals surface area contributed by atoms with E-state index in [1.807, 2.05) is 40.9 Å². The molecule has 0 spiro atoms. The van der Waals surface area contributed by atoms with E-state index in [1.54, 1.807) is 0 Å². The summed E-state index contributed by atoms with van der Waals surface area (Å²) >= 11 is 1.89. The van der Waals surface area contributed by atoms with E-state index in [1.165, 1.54) is 0 Å². The van der Waals surface area contributed by atoms with Crippen LogP contribution in [0.25, 0.3) is 0 Å². The number of thioether (sulfide) groups is 1. The van der Waals surface area contributed by atoms with E-state index in [0.717, 1.165) is 36.1 Å². The normalized spacial score (nSPS) is 21.4. The number of amides is 2. The second-order valence-corrected chi connectivity index (χ2v) is 6.01. The summed E-state index contributed by atoms with van der Waals surface area (Å²) in [6, 6.07) is 7.58. The van der Waals surface area contributed by atoms with Crippen molar-refractivity contribution in [2.45, 2.75) is 6.10 Å². The van der Waals surface area contributed by atoms with Crippen LogP contribution in [0.4, 0.5) is 4.79 Å². The third-order valence-corrected chi connectivity index (χ3v) is 4.29. The van der Waals surface area contributed by atoms with Crippen LogP contribution in [0.15, 0.2) is 24.3 Å². The third kappa shape index (κ3) is 3.12. The molecule has 2 aliphatic heterocycles. The molecule has 1 N–H and O–H groups in total. The maximum absolute atomic E-state index is 12.0. The average Bonchev–Trinajstić information content (AvgIpc) is 2.53. The van der Waals surface area contributed by atoms with Gasteiger partial charge in [-0.2, -0.15) is 11.8 Å². The van der Waals surface area contributed by atoms with Crippen molar-refractivity contribution < 1.29 is 14.3 Å². The van der Waals surface area contributed by atoms with Crippen molar-refractivity contribution in [1.82, 2.24) is 10.2 Å². The Hall–Kier alpha value is -1.56. The van der Waals surface area contributed by atoms with Gasteiger partial charge in [-0.3, -0.25) is 0 Å². The summed E-state index contributed by atoms with van der Waals surface area (Å²) in [4.78, 5) is 13.9. The minimum absolute atomic E-state index is 0.00670. The van der Waals surface area contributed by atoms with Gasteiger partial charge in [-0.25, -0.2) is 4.79 Å². The second kappa shape index (κ2) is 6.26. The summed E-state index contributed by atoms with van der Waals surface area (Å²) < 4.78 is 11.4. The molecule has 2 amide bonds. The quantitative estimate of drug-likeness (QED) is 0.900. The lowest BCUT2D eigenvalue weighted by Gasteiger charge is -2.29. The lowest BCUT2D eigenvalue weighted by atomic mass is 10.2. The Kier molecular flexibility index (Phi) is 4.20. The van der Waals surface area contributed by atoms with E-state index in [0.29, 0.717) is 13.2 Å². The lowest BCUT2D eigenvalue weighted by Crippen LogP contribution is -2.48. The molecule has 1 aromatic rings. The Labute approximate surface area is 122 Å². The number of hydrogen-bond acceptors (Lipinski definition) is 4. The van der Waals surface area contributed by atoms with Crippen LogP contribution in [0.1, 0.15) is 0 Å². The average molecular weight is 294 g/mol. The number of nitrogens with zero attached hydrogens (tertiary/aromatic N) is 1. The van der Waals surface area contributed by atoms with Crippen LogP contribution in [0.2, 0.25) is 0 Å². The summed E-state index contributed by atoms with van der Waals surface area (Å²) in [5.74, 6) is 3.55. The van der Waals surface area contributed by atoms with Crippen molar-refractivity contribution in [3.8, 4) is 11.5 Å². The summed E-state index contributed by atoms with van der Waals surface area (Å²) in [5, 5.41) is 2.93. The number of rotatable bonds is 2. The van der Waals surface area contributed by atoms with Crippen molar-refractivity contribution in [2.24, 2.45) is 0 Å². The highest BCUT2D eigenvalue weighted by molar-refractivity contribution is 7.99. The molecule has 20 heavy (non-hydrogen) atoms. The minimum atomic E-state index is -0.131. The Bertz CT molecular complexity index is 477. The molecule has 3 rings (SSSR count). The maximum atomic E-state index is 12.0. The molecule has 0 radical (unpaired) electrons. The van der Waals surface area contributed by atoms with Crippen molar-refractivity contribution in [2.75, 3.05) is 37.7 Å². The van der Waals surface area contributed by atoms with Crippen molar-refractivity contribution >= 4 is 17.8 Å². The molecule has 6 heteroatoms. The van der Waals surface area contributed by atoms with Crippen LogP contribution in [-0.4, -0.2) is 54.8 Å². The zero-order valence-corrected chi connectivity index (χ0v) is 12.0. The molecule has 2 aliphatic rings. The molecular formula is C14H18N2O3S. The van der Waals surface area contributed by atoms with Gasteiger partial charge in [-0.1, -0.05) is 12.1 Å². The molecule has 0 bridgehead atoms. The topological polar surface area (TPSA) is 50.8 Å². The Morgan fingerprint density at radius 3 is 2.85 bits per heavy atom. The second-order valence-electron chi connectivity index (χ2n) is 4.78. The molecular weight excluding hydrogens is 276 g/mol. The molecule has 1 unspecified atom stereocenters. The first-order valence-corrected chi connectivity index (χ1v) is 7.97. The Balaban J connectivity index is 1.49. The van der Waals surface area contributed by atoms with Crippen molar-refractivity contribution in [1.29, 1.82) is 0 Å². The molecule has 1 aromatic carbocycles. The van der Waals surface area contributed by atoms with Crippen LogP contribution in [-0.2, 0) is 0 Å². The van der Waals surface area contributed by atoms with E-state index in [9.17, 15) is 4.79 Å². The van der Waals surface area contributed by atoms with Gasteiger partial charge in [-0.05, 0) is 12.1 Å². The van der Waals surface area contributed by atoms with E-state index >= 15 is 0 Å². The van der Waals surface area contributed by atoms with Crippen LogP contribution >= 0.6 is 11.8 Å². The summed E-state index contributed by atoms with van der Waals surface area (Å²) in [5.41, 5.74) is 0. The first-order valence-electron chi connectivity index (χ1n) is 6.82. The zero-order valence-electron chi connectivity index (χ0n) is 11.2. The van der Waals surface area contributed by atoms with Crippen molar-refractivity contribution in [3.05, 3.63) is 24.3 Å². The van der Waals surface area contributed by atoms with E-state index in [2.05, 4.69) is 5.32 Å². The molecule has 1 saturated heterocycles. The number of benzene rings is 1. The molecule has 1 fully saturated rings. The van der Waals surface area contributed by atoms with Crippen LogP contribution in [0.3, 0.4) is 0 Å². The highest BCUT2D eigenvalue weighted by atomic mass is 32.2. The Morgan fingerprint density at radius 1 is 1.30 bits per heavy atom. The molecule has 1 atom stereocenters. The standard InChI is InChI=1S/C14H18N2O3S/c17-14(16-5-7-20-8-6-16)15-9-11-10-18-12-3-1-2-4-13(12)19-11/h1-4,11H,5-10H2,(H,15,17). The van der Waals surface area contributed by atoms with Gasteiger partial charge in [0, 0.05) is 24.6 Å². The SMILES string of the molecule is O=C(NCC1COc2ccccc2O1)N1CCSCC1. The first-order chi connectivity index (χ1) is 9.83. The molecule has 5 nitrogen and oxygen atoms in total. The van der Waals surface area contributed by atoms with Crippen LogP contribution in [0.5, 0.6) is 11.5 Å². The highest BCUT2D eigenvalue weighted by Crippen LogP contribution is 2.30. The highest BCUT2D eigenvalue weighted by Gasteiger charge is 2.22. The number of nitrogens with one attached hydrogen (secondary N) is 1. The van der Waals surface area contributed by atoms with Gasteiger partial charge in [0.1, 0.15) is 6.61 Å². The third-order valence-electron chi connectivity index (χ3n) is 3.35. The van der Waals surface area contributed by atoms with E-state index < -0.39 is 0 Å². The summed E-state index contributed by atoms with van der Waals surface area (Å²) in [7, 11) is 0.